The lowest BCUT2D eigenvalue weighted by Crippen LogP contribution is -2.38. The first-order valence-corrected chi connectivity index (χ1v) is 10.9. The maximum atomic E-state index is 12.3. The van der Waals surface area contributed by atoms with Gasteiger partial charge in [0.15, 0.2) is 0 Å². The molecule has 1 aliphatic carbocycles. The number of rotatable bonds is 7. The second-order valence-corrected chi connectivity index (χ2v) is 9.76. The standard InChI is InChI=1S/C21H32O2S2/c1-15-11-18(21(4,5)20(15,2)3)23-19(22)9-10-25-14-17-8-6-7-16(12-17)13-24/h6-8,12,15,18,24H,9-11,13-14H2,1-5H3. The molecule has 0 amide bonds. The Hall–Kier alpha value is -0.610. The van der Waals surface area contributed by atoms with Crippen molar-refractivity contribution in [1.82, 2.24) is 0 Å². The highest BCUT2D eigenvalue weighted by atomic mass is 32.2. The zero-order valence-corrected chi connectivity index (χ0v) is 17.9. The topological polar surface area (TPSA) is 26.3 Å². The van der Waals surface area contributed by atoms with Gasteiger partial charge in [-0.1, -0.05) is 58.9 Å². The van der Waals surface area contributed by atoms with Crippen LogP contribution in [0.25, 0.3) is 0 Å². The minimum Gasteiger partial charge on any atom is -0.462 e. The van der Waals surface area contributed by atoms with Crippen molar-refractivity contribution in [3.05, 3.63) is 35.4 Å². The van der Waals surface area contributed by atoms with Crippen LogP contribution in [0.4, 0.5) is 0 Å². The van der Waals surface area contributed by atoms with Gasteiger partial charge < -0.3 is 4.74 Å². The third-order valence-corrected chi connectivity index (χ3v) is 7.83. The van der Waals surface area contributed by atoms with Crippen LogP contribution in [0.1, 0.15) is 58.6 Å². The van der Waals surface area contributed by atoms with Gasteiger partial charge in [-0.3, -0.25) is 4.79 Å². The molecule has 0 spiro atoms. The van der Waals surface area contributed by atoms with E-state index >= 15 is 0 Å². The summed E-state index contributed by atoms with van der Waals surface area (Å²) in [6.07, 6.45) is 1.48. The zero-order chi connectivity index (χ0) is 18.7. The van der Waals surface area contributed by atoms with Gasteiger partial charge >= 0.3 is 5.97 Å². The third-order valence-electron chi connectivity index (χ3n) is 6.43. The van der Waals surface area contributed by atoms with Crippen LogP contribution < -0.4 is 0 Å². The zero-order valence-electron chi connectivity index (χ0n) is 16.2. The number of ether oxygens (including phenoxy) is 1. The quantitative estimate of drug-likeness (QED) is 0.371. The maximum Gasteiger partial charge on any atom is 0.306 e. The van der Waals surface area contributed by atoms with Crippen molar-refractivity contribution in [1.29, 1.82) is 0 Å². The number of carbonyl (C=O) groups excluding carboxylic acids is 1. The van der Waals surface area contributed by atoms with Crippen LogP contribution in [0.3, 0.4) is 0 Å². The number of esters is 1. The molecule has 0 saturated heterocycles. The van der Waals surface area contributed by atoms with E-state index in [9.17, 15) is 4.79 Å². The minimum absolute atomic E-state index is 0.0164. The lowest BCUT2D eigenvalue weighted by atomic mass is 9.67. The molecule has 0 aliphatic heterocycles. The number of carbonyl (C=O) groups is 1. The summed E-state index contributed by atoms with van der Waals surface area (Å²) in [6, 6.07) is 8.47. The molecular weight excluding hydrogens is 348 g/mol. The molecule has 4 heteroatoms. The average Bonchev–Trinajstić information content (AvgIpc) is 2.71. The minimum atomic E-state index is -0.0559. The number of hydrogen-bond donors (Lipinski definition) is 1. The van der Waals surface area contributed by atoms with Crippen LogP contribution in [0.15, 0.2) is 24.3 Å². The predicted molar refractivity (Wildman–Crippen MR) is 111 cm³/mol. The van der Waals surface area contributed by atoms with Crippen molar-refractivity contribution >= 4 is 30.4 Å². The molecule has 2 rings (SSSR count). The first kappa shape index (κ1) is 20.7. The largest absolute Gasteiger partial charge is 0.462 e. The molecule has 2 unspecified atom stereocenters. The van der Waals surface area contributed by atoms with Crippen LogP contribution in [0.5, 0.6) is 0 Å². The SMILES string of the molecule is CC1CC(OC(=O)CCSCc2cccc(CS)c2)C(C)(C)C1(C)C. The normalized spacial score (nSPS) is 24.2. The van der Waals surface area contributed by atoms with Crippen LogP contribution >= 0.6 is 24.4 Å². The van der Waals surface area contributed by atoms with Gasteiger partial charge in [-0.25, -0.2) is 0 Å². The van der Waals surface area contributed by atoms with Crippen molar-refractivity contribution in [2.24, 2.45) is 16.7 Å². The highest BCUT2D eigenvalue weighted by Gasteiger charge is 2.54. The van der Waals surface area contributed by atoms with Gasteiger partial charge in [0.2, 0.25) is 0 Å². The summed E-state index contributed by atoms with van der Waals surface area (Å²) in [5.41, 5.74) is 2.73. The van der Waals surface area contributed by atoms with Gasteiger partial charge in [0.25, 0.3) is 0 Å². The Morgan fingerprint density at radius 1 is 1.24 bits per heavy atom. The summed E-state index contributed by atoms with van der Waals surface area (Å²) in [6.45, 7) is 11.3. The van der Waals surface area contributed by atoms with Crippen molar-refractivity contribution < 1.29 is 9.53 Å². The highest BCUT2D eigenvalue weighted by Crippen LogP contribution is 2.56. The van der Waals surface area contributed by atoms with Crippen molar-refractivity contribution in [2.75, 3.05) is 5.75 Å². The molecule has 2 atom stereocenters. The van der Waals surface area contributed by atoms with Gasteiger partial charge in [0, 0.05) is 22.7 Å². The molecule has 1 aromatic carbocycles. The second-order valence-electron chi connectivity index (χ2n) is 8.34. The fourth-order valence-electron chi connectivity index (χ4n) is 3.54. The average molecular weight is 381 g/mol. The monoisotopic (exact) mass is 380 g/mol. The summed E-state index contributed by atoms with van der Waals surface area (Å²) in [5, 5.41) is 0. The Kier molecular flexibility index (Phi) is 6.94. The molecule has 0 aromatic heterocycles. The Morgan fingerprint density at radius 3 is 2.52 bits per heavy atom. The summed E-state index contributed by atoms with van der Waals surface area (Å²) < 4.78 is 5.86. The molecule has 1 aromatic rings. The van der Waals surface area contributed by atoms with Gasteiger partial charge in [-0.05, 0) is 28.9 Å². The molecule has 0 radical (unpaired) electrons. The highest BCUT2D eigenvalue weighted by molar-refractivity contribution is 7.98. The number of hydrogen-bond acceptors (Lipinski definition) is 4. The van der Waals surface area contributed by atoms with E-state index in [1.165, 1.54) is 11.1 Å². The van der Waals surface area contributed by atoms with Crippen LogP contribution in [-0.4, -0.2) is 17.8 Å². The van der Waals surface area contributed by atoms with E-state index in [2.05, 4.69) is 71.5 Å². The molecule has 0 N–H and O–H groups in total. The van der Waals surface area contributed by atoms with E-state index in [0.29, 0.717) is 12.3 Å². The first-order chi connectivity index (χ1) is 11.7. The van der Waals surface area contributed by atoms with Crippen molar-refractivity contribution in [2.45, 2.75) is 65.1 Å². The summed E-state index contributed by atoms with van der Waals surface area (Å²) in [5.74, 6) is 2.99. The third kappa shape index (κ3) is 4.77. The van der Waals surface area contributed by atoms with E-state index in [-0.39, 0.29) is 22.9 Å². The van der Waals surface area contributed by atoms with E-state index in [1.54, 1.807) is 11.8 Å². The van der Waals surface area contributed by atoms with Crippen LogP contribution in [0.2, 0.25) is 0 Å². The van der Waals surface area contributed by atoms with E-state index in [0.717, 1.165) is 23.7 Å². The lowest BCUT2D eigenvalue weighted by Gasteiger charge is -2.40. The van der Waals surface area contributed by atoms with E-state index in [1.807, 2.05) is 0 Å². The molecular formula is C21H32O2S2. The number of thioether (sulfide) groups is 1. The molecule has 1 saturated carbocycles. The van der Waals surface area contributed by atoms with Gasteiger partial charge in [0.05, 0.1) is 6.42 Å². The van der Waals surface area contributed by atoms with Gasteiger partial charge in [-0.2, -0.15) is 24.4 Å². The van der Waals surface area contributed by atoms with Crippen LogP contribution in [0, 0.1) is 16.7 Å². The molecule has 25 heavy (non-hydrogen) atoms. The van der Waals surface area contributed by atoms with Gasteiger partial charge in [-0.15, -0.1) is 0 Å². The summed E-state index contributed by atoms with van der Waals surface area (Å²) >= 11 is 6.10. The first-order valence-electron chi connectivity index (χ1n) is 9.14. The molecule has 140 valence electrons. The Bertz CT molecular complexity index is 595. The van der Waals surface area contributed by atoms with E-state index in [4.69, 9.17) is 4.74 Å². The summed E-state index contributed by atoms with van der Waals surface area (Å²) in [4.78, 5) is 12.3. The molecule has 1 aliphatic rings. The summed E-state index contributed by atoms with van der Waals surface area (Å²) in [7, 11) is 0. The smallest absolute Gasteiger partial charge is 0.306 e. The Balaban J connectivity index is 1.76. The number of thiol groups is 1. The maximum absolute atomic E-state index is 12.3. The van der Waals surface area contributed by atoms with Gasteiger partial charge in [0.1, 0.15) is 6.10 Å². The van der Waals surface area contributed by atoms with Crippen molar-refractivity contribution in [3.63, 3.8) is 0 Å². The predicted octanol–water partition coefficient (Wildman–Crippen LogP) is 5.74. The lowest BCUT2D eigenvalue weighted by molar-refractivity contribution is -0.155. The van der Waals surface area contributed by atoms with Crippen LogP contribution in [-0.2, 0) is 21.0 Å². The van der Waals surface area contributed by atoms with Crippen molar-refractivity contribution in [3.8, 4) is 0 Å². The van der Waals surface area contributed by atoms with E-state index < -0.39 is 0 Å². The number of benzene rings is 1. The molecule has 0 heterocycles. The Morgan fingerprint density at radius 2 is 1.92 bits per heavy atom. The molecule has 1 fully saturated rings. The fourth-order valence-corrected chi connectivity index (χ4v) is 4.60. The fraction of sp³-hybridized carbons (Fsp3) is 0.667. The molecule has 0 bridgehead atoms. The Labute approximate surface area is 162 Å². The molecule has 2 nitrogen and oxygen atoms in total. The second kappa shape index (κ2) is 8.39.